The molecule has 1 N–H and O–H groups in total. The molecule has 0 heterocycles. The van der Waals surface area contributed by atoms with Crippen LogP contribution in [0.2, 0.25) is 0 Å². The van der Waals surface area contributed by atoms with Gasteiger partial charge in [-0.15, -0.1) is 0 Å². The van der Waals surface area contributed by atoms with Crippen molar-refractivity contribution in [3.05, 3.63) is 12.2 Å². The molecule has 0 rings (SSSR count). The molecule has 76 valence electrons. The molecule has 0 aliphatic rings. The van der Waals surface area contributed by atoms with Gasteiger partial charge in [0.25, 0.3) is 3.79 Å². The molecule has 0 bridgehead atoms. The smallest absolute Gasteiger partial charge is 0.265 e. The number of nitrogens with one attached hydrogen (secondary N) is 1. The molecule has 0 aromatic rings. The molecule has 0 aliphatic carbocycles. The van der Waals surface area contributed by atoms with Crippen LogP contribution in [0.3, 0.4) is 0 Å². The number of hydrogen-bond donors (Lipinski definition) is 1. The standard InChI is InChI=1S/C8H12Cl3NO/c1-2-3-4-5-6-13-7(12)8(9,10)11/h3-4,12H,2,5-6H2,1H3/b4-3+,12-7?. The molecule has 0 saturated carbocycles. The zero-order valence-corrected chi connectivity index (χ0v) is 9.59. The van der Waals surface area contributed by atoms with E-state index in [-0.39, 0.29) is 5.90 Å². The monoisotopic (exact) mass is 243 g/mol. The molecule has 0 aromatic carbocycles. The Morgan fingerprint density at radius 2 is 2.00 bits per heavy atom. The lowest BCUT2D eigenvalue weighted by Gasteiger charge is -2.12. The summed E-state index contributed by atoms with van der Waals surface area (Å²) in [5.74, 6) is -0.331. The van der Waals surface area contributed by atoms with Crippen LogP contribution in [0.25, 0.3) is 0 Å². The Hall–Kier alpha value is 0.0800. The summed E-state index contributed by atoms with van der Waals surface area (Å²) in [6.07, 6.45) is 5.69. The normalized spacial score (nSPS) is 12.0. The third-order valence-corrected chi connectivity index (χ3v) is 1.71. The molecular formula is C8H12Cl3NO. The summed E-state index contributed by atoms with van der Waals surface area (Å²) in [5, 5.41) is 7.18. The summed E-state index contributed by atoms with van der Waals surface area (Å²) in [4.78, 5) is 0. The lowest BCUT2D eigenvalue weighted by atomic mass is 10.3. The molecule has 0 saturated heterocycles. The van der Waals surface area contributed by atoms with Crippen molar-refractivity contribution in [2.45, 2.75) is 23.6 Å². The summed E-state index contributed by atoms with van der Waals surface area (Å²) >= 11 is 16.2. The van der Waals surface area contributed by atoms with Crippen molar-refractivity contribution < 1.29 is 4.74 Å². The van der Waals surface area contributed by atoms with Crippen LogP contribution in [0, 0.1) is 5.41 Å². The van der Waals surface area contributed by atoms with E-state index >= 15 is 0 Å². The second kappa shape index (κ2) is 6.52. The molecule has 0 radical (unpaired) electrons. The number of ether oxygens (including phenoxy) is 1. The average Bonchev–Trinajstić information content (AvgIpc) is 2.02. The van der Waals surface area contributed by atoms with E-state index in [1.54, 1.807) is 0 Å². The molecule has 0 fully saturated rings. The molecular weight excluding hydrogens is 232 g/mol. The highest BCUT2D eigenvalue weighted by Crippen LogP contribution is 2.27. The number of hydrogen-bond acceptors (Lipinski definition) is 2. The van der Waals surface area contributed by atoms with E-state index in [0.717, 1.165) is 12.8 Å². The Morgan fingerprint density at radius 1 is 1.38 bits per heavy atom. The fourth-order valence-corrected chi connectivity index (χ4v) is 0.759. The highest BCUT2D eigenvalue weighted by molar-refractivity contribution is 6.76. The maximum absolute atomic E-state index is 7.18. The number of halogens is 3. The molecule has 0 aromatic heterocycles. The number of allylic oxidation sites excluding steroid dienone is 1. The predicted molar refractivity (Wildman–Crippen MR) is 58.0 cm³/mol. The lowest BCUT2D eigenvalue weighted by Crippen LogP contribution is -2.21. The van der Waals surface area contributed by atoms with Crippen LogP contribution in [0.1, 0.15) is 19.8 Å². The van der Waals surface area contributed by atoms with E-state index in [1.165, 1.54) is 0 Å². The minimum Gasteiger partial charge on any atom is -0.478 e. The van der Waals surface area contributed by atoms with Gasteiger partial charge < -0.3 is 4.74 Å². The van der Waals surface area contributed by atoms with E-state index < -0.39 is 3.79 Å². The quantitative estimate of drug-likeness (QED) is 0.264. The summed E-state index contributed by atoms with van der Waals surface area (Å²) in [7, 11) is 0. The minimum atomic E-state index is -1.74. The van der Waals surface area contributed by atoms with E-state index in [0.29, 0.717) is 6.61 Å². The van der Waals surface area contributed by atoms with Crippen molar-refractivity contribution in [2.24, 2.45) is 0 Å². The molecule has 2 nitrogen and oxygen atoms in total. The van der Waals surface area contributed by atoms with Gasteiger partial charge in [0.1, 0.15) is 0 Å². The topological polar surface area (TPSA) is 33.1 Å². The van der Waals surface area contributed by atoms with E-state index in [9.17, 15) is 0 Å². The second-order valence-corrected chi connectivity index (χ2v) is 4.62. The molecule has 0 amide bonds. The maximum Gasteiger partial charge on any atom is 0.265 e. The molecule has 0 unspecified atom stereocenters. The molecule has 0 atom stereocenters. The van der Waals surface area contributed by atoms with Crippen molar-refractivity contribution in [1.82, 2.24) is 0 Å². The Kier molecular flexibility index (Phi) is 6.56. The van der Waals surface area contributed by atoms with Crippen LogP contribution in [0.5, 0.6) is 0 Å². The van der Waals surface area contributed by atoms with Crippen molar-refractivity contribution in [1.29, 1.82) is 5.41 Å². The molecule has 5 heteroatoms. The van der Waals surface area contributed by atoms with Gasteiger partial charge in [-0.2, -0.15) is 0 Å². The molecule has 0 aliphatic heterocycles. The van der Waals surface area contributed by atoms with Gasteiger partial charge in [0.05, 0.1) is 6.61 Å². The highest BCUT2D eigenvalue weighted by atomic mass is 35.6. The summed E-state index contributed by atoms with van der Waals surface area (Å²) in [5.41, 5.74) is 0. The first-order chi connectivity index (χ1) is 5.98. The van der Waals surface area contributed by atoms with Crippen molar-refractivity contribution in [3.63, 3.8) is 0 Å². The maximum atomic E-state index is 7.18. The zero-order valence-electron chi connectivity index (χ0n) is 7.32. The molecule has 0 spiro atoms. The highest BCUT2D eigenvalue weighted by Gasteiger charge is 2.28. The van der Waals surface area contributed by atoms with E-state index in [4.69, 9.17) is 44.9 Å². The number of rotatable bonds is 4. The Bertz CT molecular complexity index is 186. The second-order valence-electron chi connectivity index (χ2n) is 2.34. The SMILES string of the molecule is CC/C=C/CCOC(=N)C(Cl)(Cl)Cl. The van der Waals surface area contributed by atoms with Crippen LogP contribution in [-0.2, 0) is 4.74 Å². The van der Waals surface area contributed by atoms with Crippen LogP contribution < -0.4 is 0 Å². The van der Waals surface area contributed by atoms with Gasteiger partial charge in [-0.25, -0.2) is 0 Å². The van der Waals surface area contributed by atoms with Gasteiger partial charge in [0, 0.05) is 0 Å². The summed E-state index contributed by atoms with van der Waals surface area (Å²) < 4.78 is 3.15. The first-order valence-corrected chi connectivity index (χ1v) is 5.05. The third-order valence-electron chi connectivity index (χ3n) is 1.19. The third kappa shape index (κ3) is 7.17. The molecule has 13 heavy (non-hydrogen) atoms. The Balaban J connectivity index is 3.55. The predicted octanol–water partition coefficient (Wildman–Crippen LogP) is 3.71. The first-order valence-electron chi connectivity index (χ1n) is 3.92. The average molecular weight is 245 g/mol. The number of alkyl halides is 3. The Labute approximate surface area is 93.3 Å². The summed E-state index contributed by atoms with van der Waals surface area (Å²) in [6.45, 7) is 2.41. The van der Waals surface area contributed by atoms with Crippen molar-refractivity contribution in [2.75, 3.05) is 6.61 Å². The van der Waals surface area contributed by atoms with Crippen LogP contribution >= 0.6 is 34.8 Å². The van der Waals surface area contributed by atoms with Crippen molar-refractivity contribution >= 4 is 40.7 Å². The minimum absolute atomic E-state index is 0.331. The van der Waals surface area contributed by atoms with Crippen LogP contribution in [0.15, 0.2) is 12.2 Å². The van der Waals surface area contributed by atoms with Gasteiger partial charge in [0.2, 0.25) is 5.90 Å². The zero-order chi connectivity index (χ0) is 10.3. The largest absolute Gasteiger partial charge is 0.478 e. The van der Waals surface area contributed by atoms with Gasteiger partial charge in [-0.3, -0.25) is 5.41 Å². The van der Waals surface area contributed by atoms with Crippen molar-refractivity contribution in [3.8, 4) is 0 Å². The van der Waals surface area contributed by atoms with E-state index in [2.05, 4.69) is 0 Å². The first kappa shape index (κ1) is 13.1. The Morgan fingerprint density at radius 3 is 2.46 bits per heavy atom. The van der Waals surface area contributed by atoms with Gasteiger partial charge in [-0.05, 0) is 12.8 Å². The lowest BCUT2D eigenvalue weighted by molar-refractivity contribution is 0.303. The summed E-state index contributed by atoms with van der Waals surface area (Å²) in [6, 6.07) is 0. The fraction of sp³-hybridized carbons (Fsp3) is 0.625. The van der Waals surface area contributed by atoms with Crippen LogP contribution in [-0.4, -0.2) is 16.3 Å². The van der Waals surface area contributed by atoms with E-state index in [1.807, 2.05) is 19.1 Å². The van der Waals surface area contributed by atoms with Crippen LogP contribution in [0.4, 0.5) is 0 Å². The fourth-order valence-electron chi connectivity index (χ4n) is 0.595. The van der Waals surface area contributed by atoms with Gasteiger partial charge in [-0.1, -0.05) is 53.9 Å². The van der Waals surface area contributed by atoms with Gasteiger partial charge in [0.15, 0.2) is 0 Å². The van der Waals surface area contributed by atoms with Gasteiger partial charge >= 0.3 is 0 Å².